The molecule has 3 aromatic heterocycles. The lowest BCUT2D eigenvalue weighted by Gasteiger charge is -2.13. The van der Waals surface area contributed by atoms with E-state index in [9.17, 15) is 0 Å². The molecule has 2 aliphatic rings. The molecule has 1 N–H and O–H groups in total. The van der Waals surface area contributed by atoms with E-state index in [4.69, 9.17) is 5.10 Å². The summed E-state index contributed by atoms with van der Waals surface area (Å²) in [6.45, 7) is 3.93. The van der Waals surface area contributed by atoms with Crippen LogP contribution in [0.3, 0.4) is 0 Å². The first-order chi connectivity index (χ1) is 12.9. The zero-order chi connectivity index (χ0) is 17.3. The fourth-order valence-electron chi connectivity index (χ4n) is 4.21. The van der Waals surface area contributed by atoms with Crippen molar-refractivity contribution in [1.82, 2.24) is 24.6 Å². The predicted molar refractivity (Wildman–Crippen MR) is 104 cm³/mol. The Bertz CT molecular complexity index is 880. The van der Waals surface area contributed by atoms with Crippen molar-refractivity contribution in [2.75, 3.05) is 6.54 Å². The molecule has 5 rings (SSSR count). The van der Waals surface area contributed by atoms with E-state index in [1.807, 2.05) is 17.5 Å². The van der Waals surface area contributed by atoms with Gasteiger partial charge in [0.2, 0.25) is 0 Å². The average molecular weight is 368 g/mol. The molecular weight excluding hydrogens is 342 g/mol. The maximum atomic E-state index is 4.82. The molecule has 136 valence electrons. The van der Waals surface area contributed by atoms with Crippen molar-refractivity contribution >= 4 is 11.3 Å². The number of imidazole rings is 1. The van der Waals surface area contributed by atoms with Crippen LogP contribution in [0.4, 0.5) is 0 Å². The lowest BCUT2D eigenvalue weighted by molar-refractivity contribution is 0.587. The van der Waals surface area contributed by atoms with Gasteiger partial charge in [-0.3, -0.25) is 4.68 Å². The number of hydrogen-bond acceptors (Lipinski definition) is 4. The first kappa shape index (κ1) is 16.3. The Morgan fingerprint density at radius 1 is 1.19 bits per heavy atom. The van der Waals surface area contributed by atoms with Gasteiger partial charge in [0.05, 0.1) is 5.69 Å². The Morgan fingerprint density at radius 3 is 3.15 bits per heavy atom. The van der Waals surface area contributed by atoms with Crippen LogP contribution in [-0.4, -0.2) is 25.9 Å². The Morgan fingerprint density at radius 2 is 2.15 bits per heavy atom. The highest BCUT2D eigenvalue weighted by Gasteiger charge is 2.17. The summed E-state index contributed by atoms with van der Waals surface area (Å²) in [5, 5.41) is 10.7. The smallest absolute Gasteiger partial charge is 0.160 e. The first-order valence-electron chi connectivity index (χ1n) is 9.75. The summed E-state index contributed by atoms with van der Waals surface area (Å²) in [7, 11) is 0. The summed E-state index contributed by atoms with van der Waals surface area (Å²) in [5.74, 6) is 0.995. The molecule has 0 atom stereocenters. The molecule has 0 bridgehead atoms. The summed E-state index contributed by atoms with van der Waals surface area (Å²) >= 11 is 1.96. The highest BCUT2D eigenvalue weighted by Crippen LogP contribution is 2.31. The average Bonchev–Trinajstić information content (AvgIpc) is 3.35. The van der Waals surface area contributed by atoms with Crippen molar-refractivity contribution in [3.05, 3.63) is 45.5 Å². The highest BCUT2D eigenvalue weighted by molar-refractivity contribution is 7.10. The third-order valence-corrected chi connectivity index (χ3v) is 6.75. The number of nitrogens with one attached hydrogen (secondary N) is 1. The molecule has 4 heterocycles. The monoisotopic (exact) mass is 367 g/mol. The molecule has 0 saturated heterocycles. The van der Waals surface area contributed by atoms with Gasteiger partial charge in [0.1, 0.15) is 5.69 Å². The summed E-state index contributed by atoms with van der Waals surface area (Å²) < 4.78 is 4.41. The van der Waals surface area contributed by atoms with Crippen LogP contribution in [0, 0.1) is 0 Å². The quantitative estimate of drug-likeness (QED) is 0.769. The predicted octanol–water partition coefficient (Wildman–Crippen LogP) is 3.42. The topological polar surface area (TPSA) is 47.7 Å². The van der Waals surface area contributed by atoms with Crippen LogP contribution in [0.1, 0.15) is 41.0 Å². The van der Waals surface area contributed by atoms with Gasteiger partial charge in [0, 0.05) is 36.9 Å². The number of rotatable bonds is 4. The molecule has 0 radical (unpaired) electrons. The van der Waals surface area contributed by atoms with Crippen molar-refractivity contribution in [2.24, 2.45) is 0 Å². The molecule has 0 spiro atoms. The van der Waals surface area contributed by atoms with E-state index >= 15 is 0 Å². The van der Waals surface area contributed by atoms with E-state index in [0.29, 0.717) is 0 Å². The third-order valence-electron chi connectivity index (χ3n) is 5.61. The first-order valence-corrected chi connectivity index (χ1v) is 10.6. The number of aryl methyl sites for hydroxylation is 4. The molecule has 6 heteroatoms. The van der Waals surface area contributed by atoms with Crippen LogP contribution in [0.15, 0.2) is 23.8 Å². The van der Waals surface area contributed by atoms with Crippen molar-refractivity contribution in [3.63, 3.8) is 0 Å². The highest BCUT2D eigenvalue weighted by atomic mass is 32.1. The molecular formula is C20H25N5S. The molecule has 0 amide bonds. The summed E-state index contributed by atoms with van der Waals surface area (Å²) in [5.41, 5.74) is 5.46. The van der Waals surface area contributed by atoms with Crippen LogP contribution in [0.5, 0.6) is 0 Å². The van der Waals surface area contributed by atoms with E-state index in [2.05, 4.69) is 37.2 Å². The molecule has 1 aliphatic heterocycles. The molecule has 26 heavy (non-hydrogen) atoms. The van der Waals surface area contributed by atoms with Crippen molar-refractivity contribution < 1.29 is 0 Å². The van der Waals surface area contributed by atoms with E-state index in [0.717, 1.165) is 50.5 Å². The Balaban J connectivity index is 1.36. The Hall–Kier alpha value is -1.92. The number of thiophene rings is 1. The van der Waals surface area contributed by atoms with Crippen LogP contribution in [0.25, 0.3) is 11.5 Å². The number of hydrogen-bond donors (Lipinski definition) is 1. The number of aromatic nitrogens is 4. The fraction of sp³-hybridized carbons (Fsp3) is 0.500. The molecule has 0 saturated carbocycles. The number of nitrogens with zero attached hydrogens (tertiary/aromatic N) is 4. The van der Waals surface area contributed by atoms with Gasteiger partial charge in [-0.25, -0.2) is 4.98 Å². The molecule has 1 aliphatic carbocycles. The van der Waals surface area contributed by atoms with Gasteiger partial charge < -0.3 is 9.88 Å². The third kappa shape index (κ3) is 3.01. The minimum Gasteiger partial charge on any atom is -0.329 e. The minimum atomic E-state index is 0.898. The maximum absolute atomic E-state index is 4.82. The van der Waals surface area contributed by atoms with Crippen LogP contribution < -0.4 is 5.32 Å². The number of fused-ring (bicyclic) bond motifs is 2. The minimum absolute atomic E-state index is 0.898. The summed E-state index contributed by atoms with van der Waals surface area (Å²) in [6.07, 6.45) is 11.5. The van der Waals surface area contributed by atoms with Gasteiger partial charge in [-0.05, 0) is 67.6 Å². The van der Waals surface area contributed by atoms with Gasteiger partial charge in [-0.1, -0.05) is 0 Å². The van der Waals surface area contributed by atoms with E-state index in [1.165, 1.54) is 31.4 Å². The van der Waals surface area contributed by atoms with E-state index in [-0.39, 0.29) is 0 Å². The van der Waals surface area contributed by atoms with Crippen molar-refractivity contribution in [1.29, 1.82) is 0 Å². The van der Waals surface area contributed by atoms with E-state index < -0.39 is 0 Å². The zero-order valence-electron chi connectivity index (χ0n) is 15.1. The zero-order valence-corrected chi connectivity index (χ0v) is 15.9. The standard InChI is InChI=1S/C20H25N5S/c1-2-5-19-17(4-1)15(14-26-19)6-10-24-11-8-22-20(24)18-12-16-13-21-7-3-9-25(16)23-18/h8,11-12,14,21H,1-7,9-10,13H2. The van der Waals surface area contributed by atoms with Gasteiger partial charge >= 0.3 is 0 Å². The lowest BCUT2D eigenvalue weighted by Crippen LogP contribution is -2.11. The summed E-state index contributed by atoms with van der Waals surface area (Å²) in [4.78, 5) is 6.24. The largest absolute Gasteiger partial charge is 0.329 e. The second-order valence-corrected chi connectivity index (χ2v) is 8.30. The maximum Gasteiger partial charge on any atom is 0.160 e. The van der Waals surface area contributed by atoms with Crippen molar-refractivity contribution in [3.8, 4) is 11.5 Å². The second kappa shape index (κ2) is 7.00. The van der Waals surface area contributed by atoms with Crippen LogP contribution in [0.2, 0.25) is 0 Å². The SMILES string of the molecule is c1cn(CCc2csc3c2CCCC3)c(-c2cc3n(n2)CCCNC3)n1. The van der Waals surface area contributed by atoms with Crippen LogP contribution in [-0.2, 0) is 38.9 Å². The Kier molecular flexibility index (Phi) is 4.38. The van der Waals surface area contributed by atoms with Gasteiger partial charge in [0.25, 0.3) is 0 Å². The molecule has 5 nitrogen and oxygen atoms in total. The molecule has 0 aromatic carbocycles. The van der Waals surface area contributed by atoms with Gasteiger partial charge in [-0.15, -0.1) is 11.3 Å². The Labute approximate surface area is 158 Å². The van der Waals surface area contributed by atoms with Crippen LogP contribution >= 0.6 is 11.3 Å². The van der Waals surface area contributed by atoms with Crippen molar-refractivity contribution in [2.45, 2.75) is 58.2 Å². The second-order valence-electron chi connectivity index (χ2n) is 7.34. The normalized spacial score (nSPS) is 16.9. The lowest BCUT2D eigenvalue weighted by atomic mass is 9.95. The summed E-state index contributed by atoms with van der Waals surface area (Å²) in [6, 6.07) is 2.20. The fourth-order valence-corrected chi connectivity index (χ4v) is 5.39. The van der Waals surface area contributed by atoms with Gasteiger partial charge in [-0.2, -0.15) is 5.10 Å². The molecule has 3 aromatic rings. The molecule has 0 unspecified atom stereocenters. The molecule has 0 fully saturated rings. The van der Waals surface area contributed by atoms with Gasteiger partial charge in [0.15, 0.2) is 5.82 Å². The van der Waals surface area contributed by atoms with E-state index in [1.54, 1.807) is 16.0 Å².